The molecule has 3 aromatic carbocycles. The van der Waals surface area contributed by atoms with Crippen LogP contribution < -0.4 is 14.8 Å². The van der Waals surface area contributed by atoms with Gasteiger partial charge in [0.25, 0.3) is 5.91 Å². The number of hydrogen-bond donors (Lipinski definition) is 2. The number of benzene rings is 3. The van der Waals surface area contributed by atoms with E-state index in [1.165, 1.54) is 4.90 Å². The number of rotatable bonds is 5. The average molecular weight is 559 g/mol. The summed E-state index contributed by atoms with van der Waals surface area (Å²) in [5.74, 6) is 0.302. The zero-order valence-corrected chi connectivity index (χ0v) is 24.3. The van der Waals surface area contributed by atoms with E-state index in [2.05, 4.69) is 32.2 Å². The van der Waals surface area contributed by atoms with Gasteiger partial charge in [-0.1, -0.05) is 57.2 Å². The Morgan fingerprint density at radius 1 is 1.00 bits per heavy atom. The minimum atomic E-state index is -0.915. The molecule has 8 nitrogen and oxygen atoms in total. The van der Waals surface area contributed by atoms with Gasteiger partial charge in [0.05, 0.1) is 6.10 Å². The number of nitrogens with zero attached hydrogens (tertiary/aromatic N) is 1. The van der Waals surface area contributed by atoms with Gasteiger partial charge in [-0.25, -0.2) is 4.79 Å². The number of amides is 2. The predicted octanol–water partition coefficient (Wildman–Crippen LogP) is 6.95. The molecule has 2 aliphatic heterocycles. The van der Waals surface area contributed by atoms with Crippen LogP contribution in [-0.2, 0) is 9.53 Å². The zero-order chi connectivity index (χ0) is 29.4. The van der Waals surface area contributed by atoms with Crippen LogP contribution in [0.5, 0.6) is 11.5 Å². The number of likely N-dealkylation sites (tertiary alicyclic amines) is 1. The van der Waals surface area contributed by atoms with Crippen LogP contribution in [0, 0.1) is 19.3 Å². The predicted molar refractivity (Wildman–Crippen MR) is 157 cm³/mol. The topological polar surface area (TPSA) is 97.3 Å². The van der Waals surface area contributed by atoms with Crippen molar-refractivity contribution in [3.63, 3.8) is 0 Å². The third kappa shape index (κ3) is 6.17. The summed E-state index contributed by atoms with van der Waals surface area (Å²) in [7, 11) is 0. The lowest BCUT2D eigenvalue weighted by Crippen LogP contribution is -2.54. The third-order valence-corrected chi connectivity index (χ3v) is 7.79. The zero-order valence-electron chi connectivity index (χ0n) is 24.3. The number of carbonyl (C=O) groups excluding carboxylic acids is 1. The van der Waals surface area contributed by atoms with Crippen LogP contribution in [0.15, 0.2) is 60.7 Å². The minimum Gasteiger partial charge on any atom is -0.484 e. The lowest BCUT2D eigenvalue weighted by atomic mass is 9.82. The number of para-hydroxylation sites is 1. The van der Waals surface area contributed by atoms with Gasteiger partial charge in [0.2, 0.25) is 5.79 Å². The van der Waals surface area contributed by atoms with E-state index >= 15 is 0 Å². The second-order valence-electron chi connectivity index (χ2n) is 12.0. The summed E-state index contributed by atoms with van der Waals surface area (Å²) in [6, 6.07) is 19.7. The van der Waals surface area contributed by atoms with Crippen LogP contribution in [-0.4, -0.2) is 47.5 Å². The van der Waals surface area contributed by atoms with E-state index in [9.17, 15) is 14.7 Å². The van der Waals surface area contributed by atoms with Crippen molar-refractivity contribution in [3.05, 3.63) is 77.4 Å². The molecule has 2 heterocycles. The van der Waals surface area contributed by atoms with Crippen LogP contribution >= 0.6 is 0 Å². The number of aryl methyl sites for hydroxylation is 2. The number of carboxylic acid groups (broad SMARTS) is 1. The molecule has 0 saturated carbocycles. The van der Waals surface area contributed by atoms with Gasteiger partial charge in [-0.15, -0.1) is 0 Å². The molecule has 1 unspecified atom stereocenters. The standard InChI is InChI=1S/C33H38N2O6/c1-21-8-6-9-22(2)29(21)34-28(36)20-39-25-11-7-10-23(18-25)24-12-13-27-26(19-24)30(32(3,4)5)41-33(40-27)14-16-35(17-15-33)31(37)38/h6-13,18-19,30H,14-17,20H2,1-5H3,(H,34,36)(H,37,38). The first kappa shape index (κ1) is 28.5. The molecule has 5 rings (SSSR count). The van der Waals surface area contributed by atoms with Crippen molar-refractivity contribution in [2.24, 2.45) is 5.41 Å². The molecule has 3 aromatic rings. The maximum atomic E-state index is 12.6. The molecule has 1 fully saturated rings. The van der Waals surface area contributed by atoms with Gasteiger partial charge in [0.1, 0.15) is 11.5 Å². The van der Waals surface area contributed by atoms with Crippen LogP contribution in [0.2, 0.25) is 0 Å². The minimum absolute atomic E-state index is 0.101. The molecule has 2 amide bonds. The summed E-state index contributed by atoms with van der Waals surface area (Å²) < 4.78 is 19.0. The van der Waals surface area contributed by atoms with Crippen LogP contribution in [0.25, 0.3) is 11.1 Å². The van der Waals surface area contributed by atoms with Gasteiger partial charge in [-0.3, -0.25) is 4.79 Å². The molecule has 2 N–H and O–H groups in total. The molecule has 0 aromatic heterocycles. The fourth-order valence-electron chi connectivity index (χ4n) is 5.53. The van der Waals surface area contributed by atoms with Crippen LogP contribution in [0.4, 0.5) is 10.5 Å². The Morgan fingerprint density at radius 3 is 2.32 bits per heavy atom. The molecule has 0 bridgehead atoms. The highest BCUT2D eigenvalue weighted by Gasteiger charge is 2.48. The summed E-state index contributed by atoms with van der Waals surface area (Å²) in [6.45, 7) is 11.0. The Bertz CT molecular complexity index is 1430. The van der Waals surface area contributed by atoms with Gasteiger partial charge < -0.3 is 29.5 Å². The molecule has 0 aliphatic carbocycles. The highest BCUT2D eigenvalue weighted by molar-refractivity contribution is 5.93. The molecule has 2 aliphatic rings. The first-order chi connectivity index (χ1) is 19.4. The summed E-state index contributed by atoms with van der Waals surface area (Å²) in [4.78, 5) is 25.5. The van der Waals surface area contributed by atoms with Gasteiger partial charge in [-0.05, 0) is 65.8 Å². The molecular weight excluding hydrogens is 520 g/mol. The van der Waals surface area contributed by atoms with Crippen LogP contribution in [0.1, 0.15) is 56.4 Å². The second-order valence-corrected chi connectivity index (χ2v) is 12.0. The number of anilines is 1. The average Bonchev–Trinajstić information content (AvgIpc) is 2.93. The van der Waals surface area contributed by atoms with Gasteiger partial charge >= 0.3 is 6.09 Å². The largest absolute Gasteiger partial charge is 0.484 e. The second kappa shape index (κ2) is 11.1. The molecule has 8 heteroatoms. The molecule has 1 saturated heterocycles. The molecule has 1 atom stereocenters. The number of carbonyl (C=O) groups is 2. The normalized spacial score (nSPS) is 17.9. The van der Waals surface area contributed by atoms with Crippen molar-refractivity contribution in [1.29, 1.82) is 0 Å². The lowest BCUT2D eigenvalue weighted by molar-refractivity contribution is -0.266. The fraction of sp³-hybridized carbons (Fsp3) is 0.394. The van der Waals surface area contributed by atoms with E-state index in [0.717, 1.165) is 39.3 Å². The maximum Gasteiger partial charge on any atom is 0.407 e. The lowest BCUT2D eigenvalue weighted by Gasteiger charge is -2.49. The van der Waals surface area contributed by atoms with E-state index in [1.807, 2.05) is 68.4 Å². The SMILES string of the molecule is Cc1cccc(C)c1NC(=O)COc1cccc(-c2ccc3c(c2)C(C(C)(C)C)OC2(CCN(C(=O)O)CC2)O3)c1. The Balaban J connectivity index is 1.33. The van der Waals surface area contributed by atoms with E-state index in [1.54, 1.807) is 0 Å². The fourth-order valence-corrected chi connectivity index (χ4v) is 5.53. The van der Waals surface area contributed by atoms with Gasteiger partial charge in [0.15, 0.2) is 6.61 Å². The molecular formula is C33H38N2O6. The maximum absolute atomic E-state index is 12.6. The van der Waals surface area contributed by atoms with Crippen molar-refractivity contribution < 1.29 is 28.9 Å². The van der Waals surface area contributed by atoms with Gasteiger partial charge in [0, 0.05) is 37.2 Å². The van der Waals surface area contributed by atoms with E-state index in [-0.39, 0.29) is 24.0 Å². The summed E-state index contributed by atoms with van der Waals surface area (Å²) >= 11 is 0. The number of piperidine rings is 1. The van der Waals surface area contributed by atoms with Crippen molar-refractivity contribution in [2.75, 3.05) is 25.0 Å². The summed E-state index contributed by atoms with van der Waals surface area (Å²) in [6.07, 6.45) is -0.204. The van der Waals surface area contributed by atoms with Gasteiger partial charge in [-0.2, -0.15) is 0 Å². The Hall–Kier alpha value is -4.04. The number of nitrogens with one attached hydrogen (secondary N) is 1. The van der Waals surface area contributed by atoms with E-state index < -0.39 is 11.9 Å². The van der Waals surface area contributed by atoms with Crippen molar-refractivity contribution >= 4 is 17.7 Å². The molecule has 1 spiro atoms. The van der Waals surface area contributed by atoms with Crippen LogP contribution in [0.3, 0.4) is 0 Å². The van der Waals surface area contributed by atoms with Crippen molar-refractivity contribution in [2.45, 2.75) is 59.4 Å². The molecule has 0 radical (unpaired) electrons. The summed E-state index contributed by atoms with van der Waals surface area (Å²) in [5, 5.41) is 12.3. The highest BCUT2D eigenvalue weighted by Crippen LogP contribution is 2.50. The number of ether oxygens (including phenoxy) is 3. The van der Waals surface area contributed by atoms with Crippen molar-refractivity contribution in [1.82, 2.24) is 4.90 Å². The molecule has 216 valence electrons. The van der Waals surface area contributed by atoms with Crippen molar-refractivity contribution in [3.8, 4) is 22.6 Å². The van der Waals surface area contributed by atoms with E-state index in [4.69, 9.17) is 14.2 Å². The number of hydrogen-bond acceptors (Lipinski definition) is 5. The first-order valence-corrected chi connectivity index (χ1v) is 14.0. The Labute approximate surface area is 241 Å². The number of fused-ring (bicyclic) bond motifs is 1. The van der Waals surface area contributed by atoms with E-state index in [0.29, 0.717) is 31.7 Å². The first-order valence-electron chi connectivity index (χ1n) is 14.0. The summed E-state index contributed by atoms with van der Waals surface area (Å²) in [5.41, 5.74) is 5.49. The third-order valence-electron chi connectivity index (χ3n) is 7.79. The Kier molecular flexibility index (Phi) is 7.70. The molecule has 41 heavy (non-hydrogen) atoms. The quantitative estimate of drug-likeness (QED) is 0.352. The Morgan fingerprint density at radius 2 is 1.66 bits per heavy atom. The monoisotopic (exact) mass is 558 g/mol. The highest BCUT2D eigenvalue weighted by atomic mass is 16.7. The smallest absolute Gasteiger partial charge is 0.407 e.